The molecule has 2 N–H and O–H groups in total. The second kappa shape index (κ2) is 9.88. The molecule has 0 bridgehead atoms. The zero-order valence-corrected chi connectivity index (χ0v) is 14.1. The van der Waals surface area contributed by atoms with Gasteiger partial charge in [0.25, 0.3) is 5.91 Å². The Labute approximate surface area is 142 Å². The number of ether oxygens (including phenoxy) is 1. The highest BCUT2D eigenvalue weighted by molar-refractivity contribution is 6.30. The van der Waals surface area contributed by atoms with Crippen LogP contribution in [-0.2, 0) is 9.53 Å². The molecule has 0 spiro atoms. The standard InChI is InChI=1S/C17H25ClN2O3/c18-15-6-4-5-14(13-15)16(21)17(22)19-7-2-1-3-8-20-9-11-23-12-10-20/h4-6,13,16,21H,1-3,7-12H2,(H,19,22). The molecule has 1 aliphatic heterocycles. The van der Waals surface area contributed by atoms with E-state index in [4.69, 9.17) is 16.3 Å². The third-order valence-electron chi connectivity index (χ3n) is 3.97. The van der Waals surface area contributed by atoms with Crippen molar-refractivity contribution in [1.29, 1.82) is 0 Å². The number of rotatable bonds is 8. The van der Waals surface area contributed by atoms with E-state index in [9.17, 15) is 9.90 Å². The van der Waals surface area contributed by atoms with E-state index in [-0.39, 0.29) is 5.91 Å². The van der Waals surface area contributed by atoms with Gasteiger partial charge >= 0.3 is 0 Å². The van der Waals surface area contributed by atoms with E-state index in [2.05, 4.69) is 10.2 Å². The van der Waals surface area contributed by atoms with Gasteiger partial charge < -0.3 is 15.2 Å². The topological polar surface area (TPSA) is 61.8 Å². The van der Waals surface area contributed by atoms with Gasteiger partial charge in [-0.15, -0.1) is 0 Å². The minimum absolute atomic E-state index is 0.375. The summed E-state index contributed by atoms with van der Waals surface area (Å²) in [6.07, 6.45) is 1.93. The van der Waals surface area contributed by atoms with E-state index in [1.54, 1.807) is 24.3 Å². The Kier molecular flexibility index (Phi) is 7.82. The summed E-state index contributed by atoms with van der Waals surface area (Å²) >= 11 is 5.86. The molecule has 0 radical (unpaired) electrons. The Morgan fingerprint density at radius 1 is 1.30 bits per heavy atom. The molecular weight excluding hydrogens is 316 g/mol. The highest BCUT2D eigenvalue weighted by atomic mass is 35.5. The van der Waals surface area contributed by atoms with Crippen LogP contribution in [0.1, 0.15) is 30.9 Å². The highest BCUT2D eigenvalue weighted by Gasteiger charge is 2.16. The molecule has 1 heterocycles. The van der Waals surface area contributed by atoms with Gasteiger partial charge in [0.15, 0.2) is 6.10 Å². The van der Waals surface area contributed by atoms with Gasteiger partial charge in [-0.1, -0.05) is 30.2 Å². The zero-order valence-electron chi connectivity index (χ0n) is 13.3. The molecule has 128 valence electrons. The molecule has 1 aliphatic rings. The summed E-state index contributed by atoms with van der Waals surface area (Å²) in [6.45, 7) is 5.36. The van der Waals surface area contributed by atoms with E-state index in [0.717, 1.165) is 52.1 Å². The first kappa shape index (κ1) is 18.2. The van der Waals surface area contributed by atoms with Crippen LogP contribution in [0, 0.1) is 0 Å². The molecule has 5 nitrogen and oxygen atoms in total. The van der Waals surface area contributed by atoms with Crippen molar-refractivity contribution >= 4 is 17.5 Å². The lowest BCUT2D eigenvalue weighted by molar-refractivity contribution is -0.129. The van der Waals surface area contributed by atoms with Crippen molar-refractivity contribution in [1.82, 2.24) is 10.2 Å². The monoisotopic (exact) mass is 340 g/mol. The summed E-state index contributed by atoms with van der Waals surface area (Å²) < 4.78 is 5.32. The third-order valence-corrected chi connectivity index (χ3v) is 4.20. The summed E-state index contributed by atoms with van der Waals surface area (Å²) in [6, 6.07) is 6.73. The molecule has 1 amide bonds. The van der Waals surface area contributed by atoms with E-state index in [0.29, 0.717) is 17.1 Å². The first-order valence-electron chi connectivity index (χ1n) is 8.18. The maximum absolute atomic E-state index is 11.9. The lowest BCUT2D eigenvalue weighted by Crippen LogP contribution is -2.36. The summed E-state index contributed by atoms with van der Waals surface area (Å²) in [4.78, 5) is 14.3. The quantitative estimate of drug-likeness (QED) is 0.710. The molecular formula is C17H25ClN2O3. The van der Waals surface area contributed by atoms with Crippen LogP contribution in [-0.4, -0.2) is 55.3 Å². The SMILES string of the molecule is O=C(NCCCCCN1CCOCC1)C(O)c1cccc(Cl)c1. The summed E-state index contributed by atoms with van der Waals surface area (Å²) in [5.41, 5.74) is 0.516. The number of aliphatic hydroxyl groups is 1. The number of hydrogen-bond acceptors (Lipinski definition) is 4. The van der Waals surface area contributed by atoms with Crippen LogP contribution in [0.2, 0.25) is 5.02 Å². The minimum atomic E-state index is -1.16. The van der Waals surface area contributed by atoms with Crippen molar-refractivity contribution in [3.8, 4) is 0 Å². The van der Waals surface area contributed by atoms with E-state index >= 15 is 0 Å². The normalized spacial score (nSPS) is 17.0. The van der Waals surface area contributed by atoms with Gasteiger partial charge in [-0.2, -0.15) is 0 Å². The number of carbonyl (C=O) groups is 1. The van der Waals surface area contributed by atoms with Gasteiger partial charge in [-0.3, -0.25) is 9.69 Å². The average molecular weight is 341 g/mol. The van der Waals surface area contributed by atoms with Crippen molar-refractivity contribution < 1.29 is 14.6 Å². The minimum Gasteiger partial charge on any atom is -0.379 e. The Morgan fingerprint density at radius 3 is 2.83 bits per heavy atom. The first-order valence-corrected chi connectivity index (χ1v) is 8.56. The zero-order chi connectivity index (χ0) is 16.5. The van der Waals surface area contributed by atoms with Gasteiger partial charge in [-0.25, -0.2) is 0 Å². The number of carbonyl (C=O) groups excluding carboxylic acids is 1. The van der Waals surface area contributed by atoms with Crippen LogP contribution in [0.25, 0.3) is 0 Å². The largest absolute Gasteiger partial charge is 0.379 e. The molecule has 1 unspecified atom stereocenters. The van der Waals surface area contributed by atoms with E-state index in [1.807, 2.05) is 0 Å². The number of hydrogen-bond donors (Lipinski definition) is 2. The number of halogens is 1. The Hall–Kier alpha value is -1.14. The lowest BCUT2D eigenvalue weighted by atomic mass is 10.1. The fourth-order valence-electron chi connectivity index (χ4n) is 2.60. The number of aliphatic hydroxyl groups excluding tert-OH is 1. The van der Waals surface area contributed by atoms with Crippen LogP contribution in [0.4, 0.5) is 0 Å². The number of nitrogens with one attached hydrogen (secondary N) is 1. The maximum atomic E-state index is 11.9. The average Bonchev–Trinajstić information content (AvgIpc) is 2.58. The lowest BCUT2D eigenvalue weighted by Gasteiger charge is -2.26. The highest BCUT2D eigenvalue weighted by Crippen LogP contribution is 2.17. The van der Waals surface area contributed by atoms with Crippen LogP contribution >= 0.6 is 11.6 Å². The predicted octanol–water partition coefficient (Wildman–Crippen LogP) is 1.99. The van der Waals surface area contributed by atoms with Gasteiger partial charge in [0.1, 0.15) is 0 Å². The third kappa shape index (κ3) is 6.47. The van der Waals surface area contributed by atoms with Crippen LogP contribution in [0.15, 0.2) is 24.3 Å². The van der Waals surface area contributed by atoms with Crippen molar-refractivity contribution in [2.24, 2.45) is 0 Å². The molecule has 1 saturated heterocycles. The number of benzene rings is 1. The van der Waals surface area contributed by atoms with Crippen LogP contribution < -0.4 is 5.32 Å². The van der Waals surface area contributed by atoms with Crippen molar-refractivity contribution in [2.45, 2.75) is 25.4 Å². The molecule has 1 atom stereocenters. The van der Waals surface area contributed by atoms with Gasteiger partial charge in [0.2, 0.25) is 0 Å². The molecule has 23 heavy (non-hydrogen) atoms. The Morgan fingerprint density at radius 2 is 2.09 bits per heavy atom. The van der Waals surface area contributed by atoms with E-state index in [1.165, 1.54) is 0 Å². The number of unbranched alkanes of at least 4 members (excludes halogenated alkanes) is 2. The summed E-state index contributed by atoms with van der Waals surface area (Å²) in [7, 11) is 0. The maximum Gasteiger partial charge on any atom is 0.253 e. The number of morpholine rings is 1. The molecule has 0 aliphatic carbocycles. The van der Waals surface area contributed by atoms with E-state index < -0.39 is 6.10 Å². The molecule has 1 fully saturated rings. The summed E-state index contributed by atoms with van der Waals surface area (Å²) in [5.74, 6) is -0.375. The molecule has 0 aromatic heterocycles. The fraction of sp³-hybridized carbons (Fsp3) is 0.588. The van der Waals surface area contributed by atoms with Gasteiger partial charge in [-0.05, 0) is 37.1 Å². The van der Waals surface area contributed by atoms with Crippen molar-refractivity contribution in [3.63, 3.8) is 0 Å². The number of amides is 1. The second-order valence-electron chi connectivity index (χ2n) is 5.76. The fourth-order valence-corrected chi connectivity index (χ4v) is 2.80. The molecule has 2 rings (SSSR count). The molecule has 1 aromatic carbocycles. The van der Waals surface area contributed by atoms with Crippen molar-refractivity contribution in [2.75, 3.05) is 39.4 Å². The molecule has 1 aromatic rings. The van der Waals surface area contributed by atoms with Gasteiger partial charge in [0, 0.05) is 24.7 Å². The molecule has 6 heteroatoms. The predicted molar refractivity (Wildman–Crippen MR) is 90.5 cm³/mol. The summed E-state index contributed by atoms with van der Waals surface area (Å²) in [5, 5.41) is 13.3. The van der Waals surface area contributed by atoms with Gasteiger partial charge in [0.05, 0.1) is 13.2 Å². The Bertz CT molecular complexity index is 492. The van der Waals surface area contributed by atoms with Crippen molar-refractivity contribution in [3.05, 3.63) is 34.9 Å². The smallest absolute Gasteiger partial charge is 0.253 e. The molecule has 0 saturated carbocycles. The first-order chi connectivity index (χ1) is 11.2. The van der Waals surface area contributed by atoms with Crippen LogP contribution in [0.3, 0.4) is 0 Å². The number of nitrogens with zero attached hydrogens (tertiary/aromatic N) is 1. The second-order valence-corrected chi connectivity index (χ2v) is 6.20. The Balaban J connectivity index is 1.57. The van der Waals surface area contributed by atoms with Crippen LogP contribution in [0.5, 0.6) is 0 Å².